The van der Waals surface area contributed by atoms with E-state index in [1.54, 1.807) is 11.3 Å². The lowest BCUT2D eigenvalue weighted by Gasteiger charge is -2.15. The Bertz CT molecular complexity index is 759. The fraction of sp³-hybridized carbons (Fsp3) is 0.500. The summed E-state index contributed by atoms with van der Waals surface area (Å²) in [6.07, 6.45) is 4.99. The van der Waals surface area contributed by atoms with E-state index in [9.17, 15) is 9.59 Å². The monoisotopic (exact) mass is 358 g/mol. The van der Waals surface area contributed by atoms with Crippen molar-refractivity contribution in [2.24, 2.45) is 0 Å². The number of ketones is 1. The molecule has 25 heavy (non-hydrogen) atoms. The van der Waals surface area contributed by atoms with Crippen LogP contribution in [0.15, 0.2) is 17.5 Å². The summed E-state index contributed by atoms with van der Waals surface area (Å²) in [5.74, 6) is 0.200. The largest absolute Gasteiger partial charge is 0.351 e. The van der Waals surface area contributed by atoms with Crippen LogP contribution in [0.25, 0.3) is 0 Å². The number of thiophene rings is 1. The number of aromatic nitrogens is 1. The molecule has 4 nitrogen and oxygen atoms in total. The van der Waals surface area contributed by atoms with E-state index < -0.39 is 0 Å². The molecule has 2 aromatic rings. The number of amides is 1. The van der Waals surface area contributed by atoms with Crippen LogP contribution in [0.2, 0.25) is 0 Å². The summed E-state index contributed by atoms with van der Waals surface area (Å²) in [6, 6.07) is 4.00. The lowest BCUT2D eigenvalue weighted by atomic mass is 9.92. The molecule has 0 saturated heterocycles. The number of carbonyl (C=O) groups excluding carboxylic acids is 2. The van der Waals surface area contributed by atoms with Crippen molar-refractivity contribution in [2.75, 3.05) is 0 Å². The van der Waals surface area contributed by atoms with Crippen molar-refractivity contribution in [3.8, 4) is 0 Å². The van der Waals surface area contributed by atoms with Gasteiger partial charge in [0, 0.05) is 34.8 Å². The molecule has 5 heteroatoms. The van der Waals surface area contributed by atoms with Crippen LogP contribution in [0.5, 0.6) is 0 Å². The number of hydrogen-bond donors (Lipinski definition) is 1. The zero-order valence-corrected chi connectivity index (χ0v) is 15.9. The summed E-state index contributed by atoms with van der Waals surface area (Å²) < 4.78 is 2.29. The van der Waals surface area contributed by atoms with Crippen molar-refractivity contribution in [2.45, 2.75) is 65.5 Å². The van der Waals surface area contributed by atoms with Gasteiger partial charge in [-0.3, -0.25) is 9.59 Å². The van der Waals surface area contributed by atoms with Crippen LogP contribution < -0.4 is 5.32 Å². The highest BCUT2D eigenvalue weighted by Crippen LogP contribution is 2.30. The average Bonchev–Trinajstić information content (AvgIpc) is 3.20. The van der Waals surface area contributed by atoms with Gasteiger partial charge in [0.2, 0.25) is 5.91 Å². The predicted octanol–water partition coefficient (Wildman–Crippen LogP) is 4.04. The Labute approximate surface area is 153 Å². The number of unbranched alkanes of at least 4 members (excludes halogenated alkanes) is 1. The maximum Gasteiger partial charge on any atom is 0.224 e. The van der Waals surface area contributed by atoms with Crippen LogP contribution in [0.3, 0.4) is 0 Å². The van der Waals surface area contributed by atoms with E-state index in [4.69, 9.17) is 0 Å². The zero-order valence-electron chi connectivity index (χ0n) is 15.1. The molecule has 0 saturated carbocycles. The molecule has 2 aromatic heterocycles. The van der Waals surface area contributed by atoms with Crippen molar-refractivity contribution < 1.29 is 9.59 Å². The molecule has 3 rings (SSSR count). The lowest BCUT2D eigenvalue weighted by molar-refractivity contribution is -0.120. The van der Waals surface area contributed by atoms with Crippen molar-refractivity contribution in [1.82, 2.24) is 9.88 Å². The molecule has 0 atom stereocenters. The Kier molecular flexibility index (Phi) is 5.74. The average molecular weight is 359 g/mol. The second-order valence-corrected chi connectivity index (χ2v) is 7.73. The number of fused-ring (bicyclic) bond motifs is 1. The third-order valence-electron chi connectivity index (χ3n) is 4.97. The Morgan fingerprint density at radius 2 is 2.20 bits per heavy atom. The van der Waals surface area contributed by atoms with Gasteiger partial charge in [-0.2, -0.15) is 0 Å². The van der Waals surface area contributed by atoms with Crippen LogP contribution in [-0.4, -0.2) is 16.3 Å². The molecule has 1 aliphatic rings. The van der Waals surface area contributed by atoms with Crippen molar-refractivity contribution in [3.63, 3.8) is 0 Å². The van der Waals surface area contributed by atoms with Gasteiger partial charge in [0.1, 0.15) is 0 Å². The molecule has 0 radical (unpaired) electrons. The first kappa shape index (κ1) is 17.9. The highest BCUT2D eigenvalue weighted by Gasteiger charge is 2.28. The molecule has 0 unspecified atom stereocenters. The summed E-state index contributed by atoms with van der Waals surface area (Å²) in [7, 11) is 0. The maximum absolute atomic E-state index is 12.5. The van der Waals surface area contributed by atoms with Gasteiger partial charge in [0.05, 0.1) is 13.0 Å². The number of rotatable bonds is 7. The predicted molar refractivity (Wildman–Crippen MR) is 101 cm³/mol. The normalized spacial score (nSPS) is 13.8. The van der Waals surface area contributed by atoms with Gasteiger partial charge in [-0.15, -0.1) is 11.3 Å². The zero-order chi connectivity index (χ0) is 17.8. The van der Waals surface area contributed by atoms with Gasteiger partial charge in [-0.05, 0) is 43.2 Å². The maximum atomic E-state index is 12.5. The smallest absolute Gasteiger partial charge is 0.224 e. The van der Waals surface area contributed by atoms with Crippen LogP contribution >= 0.6 is 11.3 Å². The SMILES string of the molecule is CCCCn1c(C)c(CC(=O)NCc2cccs2)c2c1CCCC2=O. The second-order valence-electron chi connectivity index (χ2n) is 6.70. The van der Waals surface area contributed by atoms with Crippen LogP contribution in [0.1, 0.15) is 64.8 Å². The summed E-state index contributed by atoms with van der Waals surface area (Å²) in [5, 5.41) is 4.99. The molecule has 0 aromatic carbocycles. The van der Waals surface area contributed by atoms with E-state index in [0.29, 0.717) is 19.4 Å². The molecule has 0 bridgehead atoms. The molecule has 0 spiro atoms. The van der Waals surface area contributed by atoms with Crippen molar-refractivity contribution in [1.29, 1.82) is 0 Å². The first-order chi connectivity index (χ1) is 12.1. The van der Waals surface area contributed by atoms with Gasteiger partial charge in [-0.1, -0.05) is 19.4 Å². The molecule has 1 N–H and O–H groups in total. The van der Waals surface area contributed by atoms with Crippen molar-refractivity contribution >= 4 is 23.0 Å². The third kappa shape index (κ3) is 3.87. The Balaban J connectivity index is 1.81. The minimum Gasteiger partial charge on any atom is -0.351 e. The minimum atomic E-state index is -0.00897. The fourth-order valence-electron chi connectivity index (χ4n) is 3.64. The summed E-state index contributed by atoms with van der Waals surface area (Å²) in [4.78, 5) is 26.1. The summed E-state index contributed by atoms with van der Waals surface area (Å²) in [5.41, 5.74) is 4.04. The molecular weight excluding hydrogens is 332 g/mol. The Morgan fingerprint density at radius 1 is 1.36 bits per heavy atom. The second kappa shape index (κ2) is 8.00. The van der Waals surface area contributed by atoms with Crippen LogP contribution in [-0.2, 0) is 30.7 Å². The van der Waals surface area contributed by atoms with Crippen molar-refractivity contribution in [3.05, 3.63) is 44.9 Å². The van der Waals surface area contributed by atoms with Gasteiger partial charge >= 0.3 is 0 Å². The lowest BCUT2D eigenvalue weighted by Crippen LogP contribution is -2.25. The number of nitrogens with one attached hydrogen (secondary N) is 1. The topological polar surface area (TPSA) is 51.1 Å². The first-order valence-electron chi connectivity index (χ1n) is 9.15. The molecule has 2 heterocycles. The highest BCUT2D eigenvalue weighted by atomic mass is 32.1. The van der Waals surface area contributed by atoms with Crippen LogP contribution in [0, 0.1) is 6.92 Å². The van der Waals surface area contributed by atoms with E-state index in [1.165, 1.54) is 0 Å². The van der Waals surface area contributed by atoms with E-state index in [-0.39, 0.29) is 11.7 Å². The summed E-state index contributed by atoms with van der Waals surface area (Å²) in [6.45, 7) is 5.73. The molecule has 1 aliphatic carbocycles. The van der Waals surface area contributed by atoms with E-state index >= 15 is 0 Å². The van der Waals surface area contributed by atoms with Gasteiger partial charge in [-0.25, -0.2) is 0 Å². The molecule has 0 fully saturated rings. The van der Waals surface area contributed by atoms with Gasteiger partial charge in [0.25, 0.3) is 0 Å². The quantitative estimate of drug-likeness (QED) is 0.812. The van der Waals surface area contributed by atoms with E-state index in [1.807, 2.05) is 17.5 Å². The number of Topliss-reactive ketones (excluding diaryl/α,β-unsaturated/α-hetero) is 1. The number of carbonyl (C=O) groups is 2. The summed E-state index contributed by atoms with van der Waals surface area (Å²) >= 11 is 1.64. The van der Waals surface area contributed by atoms with E-state index in [2.05, 4.69) is 23.7 Å². The van der Waals surface area contributed by atoms with Gasteiger partial charge < -0.3 is 9.88 Å². The molecular formula is C20H26N2O2S. The molecule has 134 valence electrons. The Hall–Kier alpha value is -1.88. The molecule has 0 aliphatic heterocycles. The number of hydrogen-bond acceptors (Lipinski definition) is 3. The standard InChI is InChI=1S/C20H26N2O2S/c1-3-4-10-22-14(2)16(20-17(22)8-5-9-18(20)23)12-19(24)21-13-15-7-6-11-25-15/h6-7,11H,3-5,8-10,12-13H2,1-2H3,(H,21,24). The fourth-order valence-corrected chi connectivity index (χ4v) is 4.29. The first-order valence-corrected chi connectivity index (χ1v) is 10.0. The highest BCUT2D eigenvalue weighted by molar-refractivity contribution is 7.09. The van der Waals surface area contributed by atoms with Gasteiger partial charge in [0.15, 0.2) is 5.78 Å². The van der Waals surface area contributed by atoms with E-state index in [0.717, 1.165) is 59.6 Å². The third-order valence-corrected chi connectivity index (χ3v) is 5.84. The van der Waals surface area contributed by atoms with Crippen LogP contribution in [0.4, 0.5) is 0 Å². The Morgan fingerprint density at radius 3 is 2.92 bits per heavy atom. The number of nitrogens with zero attached hydrogens (tertiary/aromatic N) is 1. The molecule has 1 amide bonds. The minimum absolute atomic E-state index is 0.00897.